The lowest BCUT2D eigenvalue weighted by Crippen LogP contribution is -2.38. The van der Waals surface area contributed by atoms with E-state index in [2.05, 4.69) is 20.7 Å². The summed E-state index contributed by atoms with van der Waals surface area (Å²) in [5.41, 5.74) is 6.48. The molecule has 0 atom stereocenters. The van der Waals surface area contributed by atoms with Gasteiger partial charge in [-0.2, -0.15) is 0 Å². The molecule has 7 heteroatoms. The van der Waals surface area contributed by atoms with E-state index >= 15 is 0 Å². The van der Waals surface area contributed by atoms with Gasteiger partial charge in [0.05, 0.1) is 4.90 Å². The maximum atomic E-state index is 12.5. The number of nitrogen functional groups attached to an aromatic ring is 1. The number of aliphatic hydroxyl groups excluding tert-OH is 1. The quantitative estimate of drug-likeness (QED) is 0.686. The summed E-state index contributed by atoms with van der Waals surface area (Å²) in [6, 6.07) is 3.16. The minimum absolute atomic E-state index is 0.0109. The molecule has 0 aliphatic heterocycles. The van der Waals surface area contributed by atoms with Crippen molar-refractivity contribution in [1.29, 1.82) is 0 Å². The minimum atomic E-state index is -3.63. The number of nitrogens with one attached hydrogen (secondary N) is 1. The SMILES string of the molecule is Cc1cc(Br)c(N)cc1S(=O)(=O)NCC1(CO)CCCC1. The molecular formula is C14H21BrN2O3S. The molecule has 0 spiro atoms. The Bertz CT molecular complexity index is 625. The highest BCUT2D eigenvalue weighted by Gasteiger charge is 2.34. The smallest absolute Gasteiger partial charge is 0.240 e. The molecule has 0 bridgehead atoms. The molecule has 0 aromatic heterocycles. The first-order chi connectivity index (χ1) is 9.80. The Morgan fingerprint density at radius 3 is 2.57 bits per heavy atom. The number of benzene rings is 1. The normalized spacial score (nSPS) is 18.0. The summed E-state index contributed by atoms with van der Waals surface area (Å²) in [6.07, 6.45) is 3.78. The molecule has 2 rings (SSSR count). The van der Waals surface area contributed by atoms with Crippen LogP contribution in [0.5, 0.6) is 0 Å². The summed E-state index contributed by atoms with van der Waals surface area (Å²) in [5, 5.41) is 9.56. The summed E-state index contributed by atoms with van der Waals surface area (Å²) in [6.45, 7) is 2.01. The van der Waals surface area contributed by atoms with Crippen LogP contribution in [0.2, 0.25) is 0 Å². The van der Waals surface area contributed by atoms with E-state index in [0.29, 0.717) is 15.7 Å². The highest BCUT2D eigenvalue weighted by atomic mass is 79.9. The molecule has 5 nitrogen and oxygen atoms in total. The van der Waals surface area contributed by atoms with E-state index in [-0.39, 0.29) is 23.5 Å². The third kappa shape index (κ3) is 3.59. The molecule has 1 aromatic rings. The second-order valence-electron chi connectivity index (χ2n) is 5.83. The third-order valence-corrected chi connectivity index (χ3v) is 6.45. The molecule has 1 aromatic carbocycles. The van der Waals surface area contributed by atoms with E-state index in [1.54, 1.807) is 13.0 Å². The van der Waals surface area contributed by atoms with Gasteiger partial charge in [0.15, 0.2) is 0 Å². The van der Waals surface area contributed by atoms with E-state index in [1.807, 2.05) is 0 Å². The number of rotatable bonds is 5. The molecule has 0 radical (unpaired) electrons. The zero-order valence-electron chi connectivity index (χ0n) is 12.0. The number of hydrogen-bond acceptors (Lipinski definition) is 4. The molecule has 0 heterocycles. The average Bonchev–Trinajstić information content (AvgIpc) is 2.90. The molecule has 1 fully saturated rings. The van der Waals surface area contributed by atoms with Gasteiger partial charge in [0.2, 0.25) is 10.0 Å². The maximum Gasteiger partial charge on any atom is 0.240 e. The zero-order chi connectivity index (χ0) is 15.7. The molecule has 0 saturated heterocycles. The number of hydrogen-bond donors (Lipinski definition) is 3. The Balaban J connectivity index is 2.21. The number of aliphatic hydroxyl groups is 1. The Kier molecular flexibility index (Phi) is 4.97. The van der Waals surface area contributed by atoms with Gasteiger partial charge in [0.1, 0.15) is 0 Å². The highest BCUT2D eigenvalue weighted by Crippen LogP contribution is 2.37. The first-order valence-electron chi connectivity index (χ1n) is 6.96. The van der Waals surface area contributed by atoms with E-state index in [1.165, 1.54) is 6.07 Å². The molecule has 1 aliphatic rings. The summed E-state index contributed by atoms with van der Waals surface area (Å²) < 4.78 is 28.3. The molecule has 0 unspecified atom stereocenters. The highest BCUT2D eigenvalue weighted by molar-refractivity contribution is 9.10. The van der Waals surface area contributed by atoms with Gasteiger partial charge in [0, 0.05) is 28.7 Å². The van der Waals surface area contributed by atoms with Gasteiger partial charge in [-0.1, -0.05) is 12.8 Å². The number of sulfonamides is 1. The fourth-order valence-electron chi connectivity index (χ4n) is 2.80. The van der Waals surface area contributed by atoms with Gasteiger partial charge in [-0.3, -0.25) is 0 Å². The Morgan fingerprint density at radius 1 is 1.38 bits per heavy atom. The molecule has 0 amide bonds. The van der Waals surface area contributed by atoms with Crippen molar-refractivity contribution in [2.75, 3.05) is 18.9 Å². The van der Waals surface area contributed by atoms with Crippen molar-refractivity contribution in [3.8, 4) is 0 Å². The Labute approximate surface area is 134 Å². The van der Waals surface area contributed by atoms with Crippen LogP contribution in [0.3, 0.4) is 0 Å². The topological polar surface area (TPSA) is 92.4 Å². The van der Waals surface area contributed by atoms with Crippen LogP contribution >= 0.6 is 15.9 Å². The van der Waals surface area contributed by atoms with Gasteiger partial charge in [0.25, 0.3) is 0 Å². The van der Waals surface area contributed by atoms with Crippen LogP contribution in [-0.4, -0.2) is 26.7 Å². The molecule has 118 valence electrons. The van der Waals surface area contributed by atoms with Crippen molar-refractivity contribution in [2.45, 2.75) is 37.5 Å². The lowest BCUT2D eigenvalue weighted by molar-refractivity contribution is 0.134. The standard InChI is InChI=1S/C14H21BrN2O3S/c1-10-6-11(15)12(16)7-13(10)21(19,20)17-8-14(9-18)4-2-3-5-14/h6-7,17-18H,2-5,8-9,16H2,1H3. The number of aryl methyl sites for hydroxylation is 1. The van der Waals surface area contributed by atoms with Crippen LogP contribution in [-0.2, 0) is 10.0 Å². The molecule has 1 saturated carbocycles. The van der Waals surface area contributed by atoms with Crippen molar-refractivity contribution in [1.82, 2.24) is 4.72 Å². The van der Waals surface area contributed by atoms with Crippen LogP contribution in [0.15, 0.2) is 21.5 Å². The lowest BCUT2D eigenvalue weighted by Gasteiger charge is -2.26. The zero-order valence-corrected chi connectivity index (χ0v) is 14.4. The number of halogens is 1. The van der Waals surface area contributed by atoms with Crippen molar-refractivity contribution >= 4 is 31.6 Å². The van der Waals surface area contributed by atoms with E-state index in [9.17, 15) is 13.5 Å². The number of nitrogens with two attached hydrogens (primary N) is 1. The second kappa shape index (κ2) is 6.24. The van der Waals surface area contributed by atoms with Crippen molar-refractivity contribution in [3.63, 3.8) is 0 Å². The van der Waals surface area contributed by atoms with Gasteiger partial charge >= 0.3 is 0 Å². The van der Waals surface area contributed by atoms with Crippen molar-refractivity contribution < 1.29 is 13.5 Å². The monoisotopic (exact) mass is 376 g/mol. The Morgan fingerprint density at radius 2 is 2.00 bits per heavy atom. The van der Waals surface area contributed by atoms with Crippen LogP contribution in [0.25, 0.3) is 0 Å². The summed E-state index contributed by atoms with van der Waals surface area (Å²) >= 11 is 3.29. The third-order valence-electron chi connectivity index (χ3n) is 4.22. The van der Waals surface area contributed by atoms with Crippen molar-refractivity contribution in [3.05, 3.63) is 22.2 Å². The second-order valence-corrected chi connectivity index (χ2v) is 8.42. The fraction of sp³-hybridized carbons (Fsp3) is 0.571. The van der Waals surface area contributed by atoms with Gasteiger partial charge in [-0.15, -0.1) is 0 Å². The lowest BCUT2D eigenvalue weighted by atomic mass is 9.88. The first kappa shape index (κ1) is 16.7. The first-order valence-corrected chi connectivity index (χ1v) is 9.23. The number of anilines is 1. The largest absolute Gasteiger partial charge is 0.398 e. The van der Waals surface area contributed by atoms with Crippen LogP contribution in [0.1, 0.15) is 31.2 Å². The predicted octanol–water partition coefficient (Wildman–Crippen LogP) is 2.17. The Hall–Kier alpha value is -0.630. The van der Waals surface area contributed by atoms with E-state index in [4.69, 9.17) is 5.73 Å². The predicted molar refractivity (Wildman–Crippen MR) is 86.5 cm³/mol. The van der Waals surface area contributed by atoms with Crippen LogP contribution in [0, 0.1) is 12.3 Å². The summed E-state index contributed by atoms with van der Waals surface area (Å²) in [7, 11) is -3.63. The summed E-state index contributed by atoms with van der Waals surface area (Å²) in [5.74, 6) is 0. The van der Waals surface area contributed by atoms with E-state index in [0.717, 1.165) is 25.7 Å². The molecule has 21 heavy (non-hydrogen) atoms. The molecule has 1 aliphatic carbocycles. The summed E-state index contributed by atoms with van der Waals surface area (Å²) in [4.78, 5) is 0.189. The minimum Gasteiger partial charge on any atom is -0.398 e. The van der Waals surface area contributed by atoms with E-state index < -0.39 is 10.0 Å². The molecule has 4 N–H and O–H groups in total. The fourth-order valence-corrected chi connectivity index (χ4v) is 4.67. The molecular weight excluding hydrogens is 356 g/mol. The van der Waals surface area contributed by atoms with Crippen LogP contribution in [0.4, 0.5) is 5.69 Å². The van der Waals surface area contributed by atoms with Crippen LogP contribution < -0.4 is 10.5 Å². The van der Waals surface area contributed by atoms with Gasteiger partial charge in [-0.05, 0) is 53.4 Å². The van der Waals surface area contributed by atoms with Gasteiger partial charge < -0.3 is 10.8 Å². The maximum absolute atomic E-state index is 12.5. The average molecular weight is 377 g/mol. The van der Waals surface area contributed by atoms with Crippen molar-refractivity contribution in [2.24, 2.45) is 5.41 Å². The van der Waals surface area contributed by atoms with Gasteiger partial charge in [-0.25, -0.2) is 13.1 Å².